The van der Waals surface area contributed by atoms with E-state index in [-0.39, 0.29) is 5.82 Å². The minimum atomic E-state index is -0.178. The number of nitrogens with zero attached hydrogens (tertiary/aromatic N) is 4. The van der Waals surface area contributed by atoms with Gasteiger partial charge in [0.25, 0.3) is 0 Å². The second-order valence-corrected chi connectivity index (χ2v) is 9.26. The van der Waals surface area contributed by atoms with Crippen LogP contribution in [0.5, 0.6) is 0 Å². The van der Waals surface area contributed by atoms with Crippen molar-refractivity contribution in [2.75, 3.05) is 0 Å². The van der Waals surface area contributed by atoms with Crippen LogP contribution in [0.1, 0.15) is 41.8 Å². The van der Waals surface area contributed by atoms with Gasteiger partial charge in [0.1, 0.15) is 11.6 Å². The van der Waals surface area contributed by atoms with E-state index in [4.69, 9.17) is 0 Å². The number of aryl methyl sites for hydroxylation is 1. The van der Waals surface area contributed by atoms with Crippen molar-refractivity contribution in [1.29, 1.82) is 0 Å². The zero-order chi connectivity index (χ0) is 21.9. The predicted octanol–water partition coefficient (Wildman–Crippen LogP) is 6.20. The second-order valence-electron chi connectivity index (χ2n) is 8.22. The first-order valence-electron chi connectivity index (χ1n) is 11.0. The molecule has 2 heterocycles. The first-order valence-corrected chi connectivity index (χ1v) is 11.8. The number of allylic oxidation sites excluding steroid dienone is 4. The Morgan fingerprint density at radius 1 is 1.06 bits per heavy atom. The third-order valence-electron chi connectivity index (χ3n) is 5.88. The van der Waals surface area contributed by atoms with E-state index in [1.807, 2.05) is 12.3 Å². The van der Waals surface area contributed by atoms with E-state index in [9.17, 15) is 4.39 Å². The van der Waals surface area contributed by atoms with Gasteiger partial charge in [-0.1, -0.05) is 35.9 Å². The summed E-state index contributed by atoms with van der Waals surface area (Å²) in [5, 5.41) is 10.0. The molecule has 2 aromatic carbocycles. The molecule has 1 aromatic heterocycles. The van der Waals surface area contributed by atoms with Crippen molar-refractivity contribution >= 4 is 23.5 Å². The fourth-order valence-corrected chi connectivity index (χ4v) is 5.05. The largest absolute Gasteiger partial charge is 0.305 e. The van der Waals surface area contributed by atoms with Gasteiger partial charge in [-0.15, -0.1) is 10.2 Å². The summed E-state index contributed by atoms with van der Waals surface area (Å²) in [6.45, 7) is 2.93. The van der Waals surface area contributed by atoms with Crippen LogP contribution in [0.15, 0.2) is 75.4 Å². The van der Waals surface area contributed by atoms with Crippen LogP contribution in [0.2, 0.25) is 0 Å². The van der Waals surface area contributed by atoms with E-state index < -0.39 is 0 Å². The number of hydrogen-bond acceptors (Lipinski definition) is 4. The van der Waals surface area contributed by atoms with Crippen molar-refractivity contribution < 1.29 is 4.39 Å². The number of halogens is 1. The average molecular weight is 445 g/mol. The monoisotopic (exact) mass is 444 g/mol. The Balaban J connectivity index is 1.38. The fourth-order valence-electron chi connectivity index (χ4n) is 4.18. The van der Waals surface area contributed by atoms with Gasteiger partial charge < -0.3 is 4.57 Å². The Hall–Kier alpha value is -2.99. The van der Waals surface area contributed by atoms with E-state index in [0.29, 0.717) is 6.42 Å². The van der Waals surface area contributed by atoms with Crippen molar-refractivity contribution in [2.24, 2.45) is 4.99 Å². The number of rotatable bonds is 8. The lowest BCUT2D eigenvalue weighted by Crippen LogP contribution is -2.07. The van der Waals surface area contributed by atoms with Crippen molar-refractivity contribution in [3.05, 3.63) is 88.6 Å². The highest BCUT2D eigenvalue weighted by molar-refractivity contribution is 7.99. The summed E-state index contributed by atoms with van der Waals surface area (Å²) in [7, 11) is 0. The van der Waals surface area contributed by atoms with E-state index in [1.165, 1.54) is 22.9 Å². The Morgan fingerprint density at radius 3 is 2.75 bits per heavy atom. The highest BCUT2D eigenvalue weighted by atomic mass is 32.2. The number of benzene rings is 2. The number of fused-ring (bicyclic) bond motifs is 1. The SMILES string of the molecule is Cc1ccc(Sc2nnc(CC3=CCc4cc(F)ccc43)n2CCCC2=CCC=N2)cc1. The molecule has 5 rings (SSSR count). The molecule has 4 nitrogen and oxygen atoms in total. The lowest BCUT2D eigenvalue weighted by atomic mass is 10.0. The van der Waals surface area contributed by atoms with Gasteiger partial charge >= 0.3 is 0 Å². The Bertz CT molecular complexity index is 1220. The molecule has 32 heavy (non-hydrogen) atoms. The summed E-state index contributed by atoms with van der Waals surface area (Å²) in [6.07, 6.45) is 10.7. The Labute approximate surface area is 192 Å². The van der Waals surface area contributed by atoms with Gasteiger partial charge in [0.15, 0.2) is 5.16 Å². The van der Waals surface area contributed by atoms with Gasteiger partial charge in [0, 0.05) is 36.2 Å². The Kier molecular flexibility index (Phi) is 6.04. The van der Waals surface area contributed by atoms with E-state index in [0.717, 1.165) is 59.2 Å². The first kappa shape index (κ1) is 20.9. The van der Waals surface area contributed by atoms with Crippen LogP contribution in [0, 0.1) is 12.7 Å². The summed E-state index contributed by atoms with van der Waals surface area (Å²) >= 11 is 1.65. The molecular weight excluding hydrogens is 419 g/mol. The van der Waals surface area contributed by atoms with E-state index in [1.54, 1.807) is 17.8 Å². The second kappa shape index (κ2) is 9.25. The van der Waals surface area contributed by atoms with Crippen LogP contribution in [-0.4, -0.2) is 21.0 Å². The van der Waals surface area contributed by atoms with E-state index >= 15 is 0 Å². The predicted molar refractivity (Wildman–Crippen MR) is 128 cm³/mol. The average Bonchev–Trinajstić information content (AvgIpc) is 3.52. The molecule has 0 N–H and O–H groups in total. The third-order valence-corrected chi connectivity index (χ3v) is 6.88. The maximum Gasteiger partial charge on any atom is 0.196 e. The minimum absolute atomic E-state index is 0.178. The first-order chi connectivity index (χ1) is 15.7. The molecule has 1 aliphatic heterocycles. The molecule has 0 saturated carbocycles. The molecule has 162 valence electrons. The number of aromatic nitrogens is 3. The summed E-state index contributed by atoms with van der Waals surface area (Å²) in [5.41, 5.74) is 5.78. The molecule has 0 spiro atoms. The van der Waals surface area contributed by atoms with Gasteiger partial charge in [0.05, 0.1) is 0 Å². The summed E-state index contributed by atoms with van der Waals surface area (Å²) in [5.74, 6) is 0.772. The fraction of sp³-hybridized carbons (Fsp3) is 0.269. The van der Waals surface area contributed by atoms with Crippen molar-refractivity contribution in [1.82, 2.24) is 14.8 Å². The van der Waals surface area contributed by atoms with Gasteiger partial charge in [-0.05, 0) is 78.9 Å². The zero-order valence-electron chi connectivity index (χ0n) is 18.1. The maximum absolute atomic E-state index is 13.6. The van der Waals surface area contributed by atoms with Crippen LogP contribution in [-0.2, 0) is 19.4 Å². The topological polar surface area (TPSA) is 43.1 Å². The molecule has 0 radical (unpaired) electrons. The lowest BCUT2D eigenvalue weighted by molar-refractivity contribution is 0.575. The number of aliphatic imine (C=N–C) groups is 1. The molecule has 0 fully saturated rings. The standard InChI is InChI=1S/C26H25FN4S/c1-18-6-11-23(12-7-18)32-26-30-29-25(31(26)15-3-5-22-4-2-14-28-22)17-20-9-8-19-16-21(27)10-13-24(19)20/h4,6-7,9-14,16H,2-3,5,8,15,17H2,1H3. The van der Waals surface area contributed by atoms with Gasteiger partial charge in [-0.3, -0.25) is 4.99 Å². The summed E-state index contributed by atoms with van der Waals surface area (Å²) < 4.78 is 15.9. The quantitative estimate of drug-likeness (QED) is 0.416. The molecule has 1 aliphatic carbocycles. The summed E-state index contributed by atoms with van der Waals surface area (Å²) in [4.78, 5) is 5.59. The molecule has 0 bridgehead atoms. The maximum atomic E-state index is 13.6. The molecule has 2 aliphatic rings. The van der Waals surface area contributed by atoms with E-state index in [2.05, 4.69) is 63.1 Å². The van der Waals surface area contributed by atoms with Crippen molar-refractivity contribution in [2.45, 2.75) is 55.6 Å². The van der Waals surface area contributed by atoms with Gasteiger partial charge in [-0.2, -0.15) is 0 Å². The zero-order valence-corrected chi connectivity index (χ0v) is 18.9. The van der Waals surface area contributed by atoms with Gasteiger partial charge in [0.2, 0.25) is 0 Å². The van der Waals surface area contributed by atoms with Crippen LogP contribution in [0.3, 0.4) is 0 Å². The molecule has 0 unspecified atom stereocenters. The van der Waals surface area contributed by atoms with Gasteiger partial charge in [-0.25, -0.2) is 4.39 Å². The number of hydrogen-bond donors (Lipinski definition) is 0. The molecule has 0 amide bonds. The van der Waals surface area contributed by atoms with Crippen LogP contribution in [0.4, 0.5) is 4.39 Å². The molecule has 3 aromatic rings. The van der Waals surface area contributed by atoms with Crippen LogP contribution in [0.25, 0.3) is 5.57 Å². The third kappa shape index (κ3) is 4.60. The highest BCUT2D eigenvalue weighted by Crippen LogP contribution is 2.32. The smallest absolute Gasteiger partial charge is 0.196 e. The molecule has 6 heteroatoms. The summed E-state index contributed by atoms with van der Waals surface area (Å²) in [6, 6.07) is 13.6. The Morgan fingerprint density at radius 2 is 1.94 bits per heavy atom. The molecular formula is C26H25FN4S. The van der Waals surface area contributed by atoms with Crippen molar-refractivity contribution in [3.8, 4) is 0 Å². The highest BCUT2D eigenvalue weighted by Gasteiger charge is 2.20. The normalized spacial score (nSPS) is 14.6. The molecule has 0 saturated heterocycles. The van der Waals surface area contributed by atoms with Crippen LogP contribution >= 0.6 is 11.8 Å². The van der Waals surface area contributed by atoms with Crippen molar-refractivity contribution in [3.63, 3.8) is 0 Å². The van der Waals surface area contributed by atoms with Crippen LogP contribution < -0.4 is 0 Å². The molecule has 0 atom stereocenters. The lowest BCUT2D eigenvalue weighted by Gasteiger charge is -2.11. The minimum Gasteiger partial charge on any atom is -0.305 e.